The van der Waals surface area contributed by atoms with Crippen LogP contribution in [0.5, 0.6) is 0 Å². The molecule has 1 rings (SSSR count). The fraction of sp³-hybridized carbons (Fsp3) is 0.833. The summed E-state index contributed by atoms with van der Waals surface area (Å²) in [5.74, 6) is -4.31. The van der Waals surface area contributed by atoms with Gasteiger partial charge in [0.2, 0.25) is 5.91 Å². The Balaban J connectivity index is 3.14. The summed E-state index contributed by atoms with van der Waals surface area (Å²) in [4.78, 5) is 22.6. The number of amides is 1. The van der Waals surface area contributed by atoms with Crippen molar-refractivity contribution < 1.29 is 39.5 Å². The van der Waals surface area contributed by atoms with Crippen LogP contribution in [0, 0.1) is 0 Å². The quantitative estimate of drug-likeness (QED) is 0.297. The first-order valence-electron chi connectivity index (χ1n) is 6.57. The summed E-state index contributed by atoms with van der Waals surface area (Å²) in [7, 11) is 1.08. The van der Waals surface area contributed by atoms with Gasteiger partial charge in [-0.15, -0.1) is 0 Å². The maximum Gasteiger partial charge on any atom is 0.364 e. The molecular formula is C12H21NO8S. The second kappa shape index (κ2) is 7.57. The third-order valence-corrected chi connectivity index (χ3v) is 3.89. The van der Waals surface area contributed by atoms with E-state index < -0.39 is 54.5 Å². The molecule has 0 radical (unpaired) electrons. The van der Waals surface area contributed by atoms with Gasteiger partial charge in [-0.25, -0.2) is 4.79 Å². The average Bonchev–Trinajstić information content (AvgIpc) is 2.46. The Morgan fingerprint density at radius 2 is 2.09 bits per heavy atom. The standard InChI is InChI=1S/C12H21NO8S/c1-5(14)13-8-6(15)3-12(20-2,11(18)19)21-10(8)9(17)7(16)4-22/h6-10,15-17,22H,3-4H2,1-2H3,(H,13,14)(H,18,19)/t6-,7+,8+,9+,10+,12+/m0/s1. The molecule has 0 saturated carbocycles. The number of thiol groups is 1. The number of carboxylic acids is 1. The van der Waals surface area contributed by atoms with E-state index in [-0.39, 0.29) is 5.75 Å². The number of ether oxygens (including phenoxy) is 2. The molecule has 0 bridgehead atoms. The lowest BCUT2D eigenvalue weighted by atomic mass is 9.88. The van der Waals surface area contributed by atoms with Crippen LogP contribution in [0.2, 0.25) is 0 Å². The number of aliphatic hydroxyl groups is 3. The molecule has 10 heteroatoms. The highest BCUT2D eigenvalue weighted by atomic mass is 32.1. The Morgan fingerprint density at radius 3 is 2.50 bits per heavy atom. The predicted octanol–water partition coefficient (Wildman–Crippen LogP) is -2.28. The van der Waals surface area contributed by atoms with Crippen molar-refractivity contribution in [2.45, 2.75) is 49.6 Å². The highest BCUT2D eigenvalue weighted by molar-refractivity contribution is 7.80. The van der Waals surface area contributed by atoms with Crippen molar-refractivity contribution in [2.75, 3.05) is 12.9 Å². The van der Waals surface area contributed by atoms with E-state index in [2.05, 4.69) is 17.9 Å². The Bertz CT molecular complexity index is 422. The zero-order valence-electron chi connectivity index (χ0n) is 12.2. The molecule has 0 aromatic carbocycles. The Morgan fingerprint density at radius 1 is 1.50 bits per heavy atom. The monoisotopic (exact) mass is 339 g/mol. The van der Waals surface area contributed by atoms with Crippen LogP contribution < -0.4 is 5.32 Å². The topological polar surface area (TPSA) is 146 Å². The van der Waals surface area contributed by atoms with Crippen LogP contribution in [-0.2, 0) is 19.1 Å². The smallest absolute Gasteiger partial charge is 0.364 e. The van der Waals surface area contributed by atoms with E-state index >= 15 is 0 Å². The first kappa shape index (κ1) is 19.1. The number of aliphatic carboxylic acids is 1. The lowest BCUT2D eigenvalue weighted by Crippen LogP contribution is -2.67. The molecule has 128 valence electrons. The molecule has 0 aromatic rings. The van der Waals surface area contributed by atoms with Gasteiger partial charge in [-0.2, -0.15) is 12.6 Å². The zero-order valence-corrected chi connectivity index (χ0v) is 13.1. The van der Waals surface area contributed by atoms with E-state index in [0.29, 0.717) is 0 Å². The molecule has 1 aliphatic heterocycles. The molecule has 1 heterocycles. The largest absolute Gasteiger partial charge is 0.477 e. The summed E-state index contributed by atoms with van der Waals surface area (Å²) in [6.07, 6.45) is -6.15. The lowest BCUT2D eigenvalue weighted by molar-refractivity contribution is -0.302. The molecule has 1 aliphatic rings. The molecule has 0 spiro atoms. The van der Waals surface area contributed by atoms with E-state index in [1.54, 1.807) is 0 Å². The van der Waals surface area contributed by atoms with Gasteiger partial charge >= 0.3 is 5.97 Å². The van der Waals surface area contributed by atoms with Gasteiger partial charge in [-0.05, 0) is 0 Å². The predicted molar refractivity (Wildman–Crippen MR) is 76.3 cm³/mol. The number of aliphatic hydroxyl groups excluding tert-OH is 3. The van der Waals surface area contributed by atoms with Crippen LogP contribution >= 0.6 is 12.6 Å². The number of rotatable bonds is 6. The van der Waals surface area contributed by atoms with Crippen LogP contribution in [-0.4, -0.2) is 81.4 Å². The molecule has 9 nitrogen and oxygen atoms in total. The molecule has 0 aliphatic carbocycles. The van der Waals surface area contributed by atoms with Crippen molar-refractivity contribution >= 4 is 24.5 Å². The van der Waals surface area contributed by atoms with Crippen molar-refractivity contribution in [1.29, 1.82) is 0 Å². The van der Waals surface area contributed by atoms with Crippen molar-refractivity contribution in [3.8, 4) is 0 Å². The Hall–Kier alpha value is -0.910. The Kier molecular flexibility index (Phi) is 6.59. The summed E-state index contributed by atoms with van der Waals surface area (Å²) in [5, 5.41) is 41.6. The van der Waals surface area contributed by atoms with E-state index in [9.17, 15) is 30.0 Å². The van der Waals surface area contributed by atoms with Gasteiger partial charge in [-0.3, -0.25) is 4.79 Å². The van der Waals surface area contributed by atoms with Crippen molar-refractivity contribution in [2.24, 2.45) is 0 Å². The number of carboxylic acid groups (broad SMARTS) is 1. The van der Waals surface area contributed by atoms with E-state index in [1.165, 1.54) is 6.92 Å². The van der Waals surface area contributed by atoms with Crippen LogP contribution in [0.4, 0.5) is 0 Å². The van der Waals surface area contributed by atoms with E-state index in [1.807, 2.05) is 0 Å². The van der Waals surface area contributed by atoms with Crippen molar-refractivity contribution in [3.05, 3.63) is 0 Å². The second-order valence-electron chi connectivity index (χ2n) is 5.08. The molecular weight excluding hydrogens is 318 g/mol. The third kappa shape index (κ3) is 3.89. The van der Waals surface area contributed by atoms with E-state index in [0.717, 1.165) is 7.11 Å². The van der Waals surface area contributed by atoms with Crippen LogP contribution in [0.1, 0.15) is 13.3 Å². The minimum Gasteiger partial charge on any atom is -0.477 e. The fourth-order valence-electron chi connectivity index (χ4n) is 2.34. The fourth-order valence-corrected chi connectivity index (χ4v) is 2.56. The molecule has 5 N–H and O–H groups in total. The number of carbonyl (C=O) groups is 2. The van der Waals surface area contributed by atoms with Gasteiger partial charge < -0.3 is 35.2 Å². The number of nitrogens with one attached hydrogen (secondary N) is 1. The number of carbonyl (C=O) groups excluding carboxylic acids is 1. The third-order valence-electron chi connectivity index (χ3n) is 3.52. The number of methoxy groups -OCH3 is 1. The summed E-state index contributed by atoms with van der Waals surface area (Å²) in [5.41, 5.74) is 0. The van der Waals surface area contributed by atoms with Crippen LogP contribution in [0.3, 0.4) is 0 Å². The minimum absolute atomic E-state index is 0.128. The SMILES string of the molecule is CO[C@]1(C(=O)O)C[C@H](O)[C@@H](NC(C)=O)[C@H]([C@H](O)[C@H](O)CS)O1. The lowest BCUT2D eigenvalue weighted by Gasteiger charge is -2.46. The van der Waals surface area contributed by atoms with E-state index in [4.69, 9.17) is 9.47 Å². The van der Waals surface area contributed by atoms with Crippen LogP contribution in [0.25, 0.3) is 0 Å². The molecule has 1 fully saturated rings. The Labute approximate surface area is 132 Å². The minimum atomic E-state index is -2.18. The molecule has 0 aromatic heterocycles. The number of hydrogen-bond donors (Lipinski definition) is 6. The normalized spacial score (nSPS) is 34.7. The first-order chi connectivity index (χ1) is 10.2. The van der Waals surface area contributed by atoms with Gasteiger partial charge in [0.05, 0.1) is 18.2 Å². The van der Waals surface area contributed by atoms with Crippen molar-refractivity contribution in [1.82, 2.24) is 5.32 Å². The van der Waals surface area contributed by atoms with Gasteiger partial charge in [0.15, 0.2) is 0 Å². The highest BCUT2D eigenvalue weighted by Gasteiger charge is 2.55. The van der Waals surface area contributed by atoms with Gasteiger partial charge in [0.1, 0.15) is 12.2 Å². The van der Waals surface area contributed by atoms with Gasteiger partial charge in [-0.1, -0.05) is 0 Å². The molecule has 1 amide bonds. The van der Waals surface area contributed by atoms with Crippen LogP contribution in [0.15, 0.2) is 0 Å². The number of hydrogen-bond acceptors (Lipinski definition) is 8. The summed E-state index contributed by atoms with van der Waals surface area (Å²) in [6, 6.07) is -1.11. The molecule has 1 saturated heterocycles. The van der Waals surface area contributed by atoms with Gasteiger partial charge in [0, 0.05) is 26.2 Å². The molecule has 22 heavy (non-hydrogen) atoms. The van der Waals surface area contributed by atoms with Gasteiger partial charge in [0.25, 0.3) is 5.79 Å². The highest BCUT2D eigenvalue weighted by Crippen LogP contribution is 2.33. The summed E-state index contributed by atoms with van der Waals surface area (Å²) >= 11 is 3.84. The maximum atomic E-state index is 11.4. The van der Waals surface area contributed by atoms with Crippen molar-refractivity contribution in [3.63, 3.8) is 0 Å². The summed E-state index contributed by atoms with van der Waals surface area (Å²) < 4.78 is 10.2. The molecule has 6 atom stereocenters. The zero-order chi connectivity index (χ0) is 17.1. The second-order valence-corrected chi connectivity index (χ2v) is 5.45. The maximum absolute atomic E-state index is 11.4. The molecule has 0 unspecified atom stereocenters. The average molecular weight is 339 g/mol. The summed E-state index contributed by atoms with van der Waals surface area (Å²) in [6.45, 7) is 1.20. The first-order valence-corrected chi connectivity index (χ1v) is 7.20.